The number of nitrogens with one attached hydrogen (secondary N) is 1. The van der Waals surface area contributed by atoms with Gasteiger partial charge in [-0.15, -0.1) is 0 Å². The van der Waals surface area contributed by atoms with Crippen molar-refractivity contribution in [2.24, 2.45) is 5.73 Å². The van der Waals surface area contributed by atoms with Gasteiger partial charge in [0, 0.05) is 13.1 Å². The summed E-state index contributed by atoms with van der Waals surface area (Å²) in [5.74, 6) is 0. The van der Waals surface area contributed by atoms with E-state index in [4.69, 9.17) is 2.82 Å². The van der Waals surface area contributed by atoms with Crippen molar-refractivity contribution in [1.29, 1.82) is 0 Å². The van der Waals surface area contributed by atoms with E-state index in [1.54, 1.807) is 5.31 Å². The Morgan fingerprint density at radius 1 is 0.824 bits per heavy atom. The highest BCUT2D eigenvalue weighted by Gasteiger charge is 1.92. The normalized spacial score (nSPS) is 12.8. The molecule has 0 aromatic heterocycles. The minimum Gasteiger partial charge on any atom is -0.329 e. The van der Waals surface area contributed by atoms with Crippen LogP contribution in [0.4, 0.5) is 0 Å². The number of hydrogen-bond acceptors (Lipinski definition) is 2. The fourth-order valence-electron chi connectivity index (χ4n) is 2.08. The van der Waals surface area contributed by atoms with Gasteiger partial charge in [0.1, 0.15) is 2.82 Å². The van der Waals surface area contributed by atoms with E-state index in [0.29, 0.717) is 13.1 Å². The van der Waals surface area contributed by atoms with Crippen molar-refractivity contribution in [2.75, 3.05) is 19.6 Å². The van der Waals surface area contributed by atoms with E-state index in [2.05, 4.69) is 12.7 Å². The maximum Gasteiger partial charge on any atom is 0.122 e. The molecule has 0 saturated carbocycles. The summed E-state index contributed by atoms with van der Waals surface area (Å²) in [6, 6.07) is 0. The predicted molar refractivity (Wildman–Crippen MR) is 78.4 cm³/mol. The van der Waals surface area contributed by atoms with Crippen LogP contribution >= 0.6 is 0 Å². The van der Waals surface area contributed by atoms with Crippen molar-refractivity contribution in [2.45, 2.75) is 77.6 Å². The van der Waals surface area contributed by atoms with Gasteiger partial charge in [-0.25, -0.2) is 0 Å². The Morgan fingerprint density at radius 2 is 1.35 bits per heavy atom. The zero-order valence-corrected chi connectivity index (χ0v) is 11.8. The van der Waals surface area contributed by atoms with Crippen molar-refractivity contribution in [3.05, 3.63) is 0 Å². The quantitative estimate of drug-likeness (QED) is 0.429. The first-order chi connectivity index (χ1) is 9.31. The van der Waals surface area contributed by atoms with E-state index in [0.717, 1.165) is 13.0 Å². The van der Waals surface area contributed by atoms with Crippen LogP contribution in [0.2, 0.25) is 2.82 Å². The largest absolute Gasteiger partial charge is 0.329 e. The first kappa shape index (κ1) is 13.4. The monoisotopic (exact) mass is 244 g/mol. The number of hydrogen-bond donors (Lipinski definition) is 2. The Morgan fingerprint density at radius 3 is 1.88 bits per heavy atom. The van der Waals surface area contributed by atoms with Gasteiger partial charge < -0.3 is 11.0 Å². The Bertz CT molecular complexity index is 168. The molecule has 0 aromatic rings. The minimum atomic E-state index is 0.585. The number of nitrogens with two attached hydrogens (primary N) is 1. The molecule has 0 aliphatic heterocycles. The average molecular weight is 244 g/mol. The van der Waals surface area contributed by atoms with E-state index < -0.39 is 0 Å². The topological polar surface area (TPSA) is 38.0 Å². The molecule has 0 rings (SSSR count). The van der Waals surface area contributed by atoms with E-state index in [1.807, 2.05) is 0 Å². The molecular weight excluding hydrogens is 208 g/mol. The lowest BCUT2D eigenvalue weighted by atomic mass is 10.1. The van der Waals surface area contributed by atoms with Crippen LogP contribution in [0.3, 0.4) is 0 Å². The van der Waals surface area contributed by atoms with Crippen molar-refractivity contribution in [3.63, 3.8) is 0 Å². The molecule has 17 heavy (non-hydrogen) atoms. The molecule has 0 heterocycles. The van der Waals surface area contributed by atoms with Gasteiger partial charge in [-0.05, 0) is 13.0 Å². The lowest BCUT2D eigenvalue weighted by molar-refractivity contribution is 0.540. The summed E-state index contributed by atoms with van der Waals surface area (Å²) in [5.41, 5.74) is 2.33. The summed E-state index contributed by atoms with van der Waals surface area (Å²) in [7, 11) is 0. The first-order valence-corrected chi connectivity index (χ1v) is 7.69. The van der Waals surface area contributed by atoms with E-state index in [1.165, 1.54) is 64.2 Å². The molecular formula is C15H34N2. The molecule has 3 N–H and O–H groups in total. The van der Waals surface area contributed by atoms with Crippen LogP contribution in [-0.4, -0.2) is 19.6 Å². The zero-order valence-electron chi connectivity index (χ0n) is 13.8. The van der Waals surface area contributed by atoms with Crippen LogP contribution in [0.5, 0.6) is 0 Å². The third-order valence-electron chi connectivity index (χ3n) is 3.19. The second-order valence-corrected chi connectivity index (χ2v) is 4.96. The van der Waals surface area contributed by atoms with Gasteiger partial charge in [-0.1, -0.05) is 71.1 Å². The Labute approximate surface area is 112 Å². The molecule has 0 spiro atoms. The number of unbranched alkanes of at least 4 members (excludes halogenated alkanes) is 10. The summed E-state index contributed by atoms with van der Waals surface area (Å²) < 4.78 is 14.4. The molecule has 0 aliphatic carbocycles. The maximum absolute atomic E-state index is 7.61. The third-order valence-corrected chi connectivity index (χ3v) is 3.19. The average Bonchev–Trinajstić information content (AvgIpc) is 2.42. The molecule has 0 unspecified atom stereocenters. The predicted octanol–water partition coefficient (Wildman–Crippen LogP) is 3.85. The van der Waals surface area contributed by atoms with Crippen LogP contribution < -0.4 is 11.0 Å². The van der Waals surface area contributed by atoms with Crippen LogP contribution in [0.25, 0.3) is 0 Å². The summed E-state index contributed by atoms with van der Waals surface area (Å²) in [4.78, 5) is 0. The Balaban J connectivity index is 3.02. The maximum atomic E-state index is 7.61. The van der Waals surface area contributed by atoms with E-state index in [9.17, 15) is 0 Å². The Hall–Kier alpha value is -0.0800. The van der Waals surface area contributed by atoms with Crippen LogP contribution in [0.1, 0.15) is 77.6 Å². The molecule has 0 aromatic carbocycles. The second kappa shape index (κ2) is 15.9. The van der Waals surface area contributed by atoms with Crippen LogP contribution in [0, 0.1) is 0 Å². The van der Waals surface area contributed by atoms with Crippen molar-refractivity contribution >= 4 is 0 Å². The highest BCUT2D eigenvalue weighted by atomic mass is 14.9. The second-order valence-electron chi connectivity index (χ2n) is 4.96. The molecule has 104 valence electrons. The third kappa shape index (κ3) is 15.9. The fourth-order valence-corrected chi connectivity index (χ4v) is 2.08. The van der Waals surface area contributed by atoms with Gasteiger partial charge in [0.05, 0.1) is 0 Å². The summed E-state index contributed by atoms with van der Waals surface area (Å²) in [6.45, 7) is 4.35. The summed E-state index contributed by atoms with van der Waals surface area (Å²) in [5, 5.41) is 1.56. The fraction of sp³-hybridized carbons (Fsp3) is 1.00. The van der Waals surface area contributed by atoms with E-state index in [-0.39, 0.29) is 0 Å². The molecule has 2 nitrogen and oxygen atoms in total. The molecule has 0 saturated heterocycles. The Kier molecular flexibility index (Phi) is 12.5. The van der Waals surface area contributed by atoms with Gasteiger partial charge in [0.25, 0.3) is 0 Å². The molecule has 0 amide bonds. The highest BCUT2D eigenvalue weighted by molar-refractivity contribution is 4.51. The first-order valence-electron chi connectivity index (χ1n) is 8.64. The lowest BCUT2D eigenvalue weighted by Crippen LogP contribution is -2.23. The summed E-state index contributed by atoms with van der Waals surface area (Å²) >= 11 is 0. The summed E-state index contributed by atoms with van der Waals surface area (Å²) in [6.07, 6.45) is 14.8. The highest BCUT2D eigenvalue weighted by Crippen LogP contribution is 2.10. The van der Waals surface area contributed by atoms with Crippen molar-refractivity contribution < 1.29 is 2.82 Å². The smallest absolute Gasteiger partial charge is 0.122 e. The standard InChI is InChI=1S/C15H34N2/c1-2-3-4-5-6-7-8-9-10-11-12-14-17-15-13-16/h17H,2-16H2,1H3/i/hD2. The van der Waals surface area contributed by atoms with Gasteiger partial charge in [0.2, 0.25) is 0 Å². The molecule has 0 atom stereocenters. The van der Waals surface area contributed by atoms with Crippen LogP contribution in [0.15, 0.2) is 0 Å². The zero-order chi connectivity index (χ0) is 14.2. The van der Waals surface area contributed by atoms with Gasteiger partial charge in [-0.2, -0.15) is 0 Å². The van der Waals surface area contributed by atoms with Gasteiger partial charge in [-0.3, -0.25) is 0 Å². The molecule has 0 aliphatic rings. The number of rotatable bonds is 15. The van der Waals surface area contributed by atoms with Crippen molar-refractivity contribution in [1.82, 2.24) is 5.31 Å². The van der Waals surface area contributed by atoms with E-state index >= 15 is 0 Å². The van der Waals surface area contributed by atoms with Gasteiger partial charge in [0.15, 0.2) is 0 Å². The SMILES string of the molecule is [2H]NCCN([2H])CCCCCCCCCCCCC. The van der Waals surface area contributed by atoms with Crippen molar-refractivity contribution in [3.8, 4) is 0 Å². The minimum absolute atomic E-state index is 0.585. The molecule has 2 heteroatoms. The molecule has 0 radical (unpaired) electrons. The van der Waals surface area contributed by atoms with Gasteiger partial charge >= 0.3 is 0 Å². The molecule has 0 bridgehead atoms. The lowest BCUT2D eigenvalue weighted by Gasteiger charge is -2.03. The molecule has 0 fully saturated rings. The van der Waals surface area contributed by atoms with Crippen LogP contribution in [-0.2, 0) is 0 Å².